The quantitative estimate of drug-likeness (QED) is 0.155. The third-order valence-electron chi connectivity index (χ3n) is 4.67. The molecule has 0 heterocycles. The topological polar surface area (TPSA) is 43.1 Å². The van der Waals surface area contributed by atoms with Crippen LogP contribution in [0.2, 0.25) is 0 Å². The van der Waals surface area contributed by atoms with E-state index >= 15 is 4.39 Å². The van der Waals surface area contributed by atoms with Crippen LogP contribution in [0.1, 0.15) is 5.56 Å². The zero-order valence-corrected chi connectivity index (χ0v) is 17.4. The monoisotopic (exact) mass is 612 g/mol. The van der Waals surface area contributed by atoms with Crippen molar-refractivity contribution in [3.05, 3.63) is 67.7 Å². The summed E-state index contributed by atoms with van der Waals surface area (Å²) in [5.41, 5.74) is -17.2. The van der Waals surface area contributed by atoms with Crippen LogP contribution in [-0.2, 0) is 5.41 Å². The third kappa shape index (κ3) is 4.18. The van der Waals surface area contributed by atoms with Crippen LogP contribution in [0.3, 0.4) is 0 Å². The Morgan fingerprint density at radius 1 is 0.818 bits per heavy atom. The average Bonchev–Trinajstić information content (AvgIpc) is 2.64. The predicted octanol–water partition coefficient (Wildman–Crippen LogP) is 7.33. The summed E-state index contributed by atoms with van der Waals surface area (Å²) in [7, 11) is 0. The number of hydrogen-bond acceptors (Lipinski definition) is 2. The maximum absolute atomic E-state index is 15.7. The highest BCUT2D eigenvalue weighted by Gasteiger charge is 2.87. The van der Waals surface area contributed by atoms with Gasteiger partial charge in [0.2, 0.25) is 0 Å². The molecule has 0 aromatic heterocycles. The van der Waals surface area contributed by atoms with Gasteiger partial charge in [0.25, 0.3) is 11.4 Å². The lowest BCUT2D eigenvalue weighted by molar-refractivity contribution is -0.397. The van der Waals surface area contributed by atoms with Crippen molar-refractivity contribution in [1.82, 2.24) is 0 Å². The van der Waals surface area contributed by atoms with Crippen molar-refractivity contribution in [1.29, 1.82) is 0 Å². The predicted molar refractivity (Wildman–Crippen MR) is 96.2 cm³/mol. The molecule has 0 saturated carbocycles. The van der Waals surface area contributed by atoms with Crippen LogP contribution in [0.25, 0.3) is 0 Å². The highest BCUT2D eigenvalue weighted by Crippen LogP contribution is 2.64. The van der Waals surface area contributed by atoms with Gasteiger partial charge in [-0.1, -0.05) is 30.4 Å². The van der Waals surface area contributed by atoms with Gasteiger partial charge in [0.05, 0.1) is 10.3 Å². The molecule has 0 spiro atoms. The van der Waals surface area contributed by atoms with E-state index < -0.39 is 66.9 Å². The van der Waals surface area contributed by atoms with Gasteiger partial charge in [-0.2, -0.15) is 48.3 Å². The van der Waals surface area contributed by atoms with Gasteiger partial charge in [-0.3, -0.25) is 10.1 Å². The largest absolute Gasteiger partial charge is 0.457 e. The minimum atomic E-state index is -7.36. The second-order valence-electron chi connectivity index (χ2n) is 6.64. The number of nitro groups is 1. The van der Waals surface area contributed by atoms with E-state index in [1.807, 2.05) is 0 Å². The zero-order chi connectivity index (χ0) is 25.8. The molecule has 2 unspecified atom stereocenters. The van der Waals surface area contributed by atoms with Crippen LogP contribution in [0.5, 0.6) is 0 Å². The molecule has 0 saturated heterocycles. The molecule has 3 nitrogen and oxygen atoms in total. The first-order valence-corrected chi connectivity index (χ1v) is 9.18. The summed E-state index contributed by atoms with van der Waals surface area (Å²) in [6.45, 7) is 0. The van der Waals surface area contributed by atoms with Gasteiger partial charge < -0.3 is 0 Å². The number of hydrogen-bond donors (Lipinski definition) is 0. The Hall–Kier alpha value is -2.01. The number of benzene rings is 1. The normalized spacial score (nSPS) is 22.3. The van der Waals surface area contributed by atoms with Gasteiger partial charge in [0.1, 0.15) is 0 Å². The Morgan fingerprint density at radius 2 is 1.33 bits per heavy atom. The molecule has 1 aliphatic rings. The molecule has 1 aliphatic carbocycles. The van der Waals surface area contributed by atoms with E-state index in [0.29, 0.717) is 12.1 Å². The van der Waals surface area contributed by atoms with E-state index in [-0.39, 0.29) is 18.6 Å². The van der Waals surface area contributed by atoms with Crippen molar-refractivity contribution < 1.29 is 57.6 Å². The SMILES string of the molecule is O=[N+]([O-])c1ccccc1C1(C(F)(C(F)(F)F)C(F)(F)C(F)(F)F)C=C(I)[CH]C(C(F)(F)F)=C1. The molecule has 33 heavy (non-hydrogen) atoms. The summed E-state index contributed by atoms with van der Waals surface area (Å²) in [5, 5.41) is 11.3. The third-order valence-corrected chi connectivity index (χ3v) is 5.29. The maximum Gasteiger partial charge on any atom is 0.457 e. The lowest BCUT2D eigenvalue weighted by atomic mass is 9.61. The van der Waals surface area contributed by atoms with E-state index in [0.717, 1.165) is 28.7 Å². The van der Waals surface area contributed by atoms with Crippen molar-refractivity contribution in [2.24, 2.45) is 0 Å². The summed E-state index contributed by atoms with van der Waals surface area (Å²) in [5.74, 6) is -7.36. The molecule has 0 aliphatic heterocycles. The number of nitrogens with zero attached hydrogens (tertiary/aromatic N) is 1. The standard InChI is InChI=1S/C17H7F12INO2/c18-13(19,20)8-5-9(30)7-12(6-8,10-3-1-2-4-11(10)31(32)33)14(21,16(24,25)26)15(22,23)17(27,28)29/h1-7H. The summed E-state index contributed by atoms with van der Waals surface area (Å²) in [4.78, 5) is 9.75. The Morgan fingerprint density at radius 3 is 1.76 bits per heavy atom. The van der Waals surface area contributed by atoms with Crippen molar-refractivity contribution >= 4 is 28.3 Å². The van der Waals surface area contributed by atoms with Crippen LogP contribution in [-0.4, -0.2) is 35.0 Å². The minimum Gasteiger partial charge on any atom is -0.258 e. The number of nitro benzene ring substituents is 1. The fourth-order valence-corrected chi connectivity index (χ4v) is 4.12. The smallest absolute Gasteiger partial charge is 0.258 e. The first-order chi connectivity index (χ1) is 14.6. The lowest BCUT2D eigenvalue weighted by Crippen LogP contribution is -2.71. The van der Waals surface area contributed by atoms with Crippen LogP contribution < -0.4 is 0 Å². The Labute approximate surface area is 189 Å². The Balaban J connectivity index is 3.24. The van der Waals surface area contributed by atoms with Crippen molar-refractivity contribution in [2.75, 3.05) is 0 Å². The van der Waals surface area contributed by atoms with E-state index in [1.165, 1.54) is 0 Å². The van der Waals surface area contributed by atoms with E-state index in [4.69, 9.17) is 0 Å². The fraction of sp³-hybridized carbons (Fsp3) is 0.353. The minimum absolute atomic E-state index is 0.0517. The molecule has 2 rings (SSSR count). The molecular formula is C17H7F12INO2. The van der Waals surface area contributed by atoms with Gasteiger partial charge in [-0.05, 0) is 26.2 Å². The van der Waals surface area contributed by atoms with Crippen LogP contribution in [0.4, 0.5) is 58.4 Å². The van der Waals surface area contributed by atoms with Crippen LogP contribution >= 0.6 is 22.6 Å². The molecular weight excluding hydrogens is 605 g/mol. The van der Waals surface area contributed by atoms with Crippen molar-refractivity contribution in [3.8, 4) is 0 Å². The lowest BCUT2D eigenvalue weighted by Gasteiger charge is -2.48. The number of halogens is 13. The van der Waals surface area contributed by atoms with E-state index in [1.54, 1.807) is 0 Å². The molecule has 1 radical (unpaired) electrons. The van der Waals surface area contributed by atoms with Crippen molar-refractivity contribution in [3.63, 3.8) is 0 Å². The first kappa shape index (κ1) is 27.2. The van der Waals surface area contributed by atoms with Crippen LogP contribution in [0.15, 0.2) is 45.6 Å². The second-order valence-corrected chi connectivity index (χ2v) is 7.89. The van der Waals surface area contributed by atoms with Gasteiger partial charge >= 0.3 is 24.5 Å². The highest BCUT2D eigenvalue weighted by atomic mass is 127. The first-order valence-electron chi connectivity index (χ1n) is 8.10. The van der Waals surface area contributed by atoms with E-state index in [2.05, 4.69) is 0 Å². The zero-order valence-electron chi connectivity index (χ0n) is 15.2. The van der Waals surface area contributed by atoms with Gasteiger partial charge in [0.15, 0.2) is 0 Å². The van der Waals surface area contributed by atoms with Crippen molar-refractivity contribution in [2.45, 2.75) is 35.5 Å². The Bertz CT molecular complexity index is 1010. The summed E-state index contributed by atoms with van der Waals surface area (Å²) in [6.07, 6.45) is -21.2. The maximum atomic E-state index is 15.7. The molecule has 1 aromatic rings. The molecule has 2 atom stereocenters. The number of para-hydroxylation sites is 1. The summed E-state index contributed by atoms with van der Waals surface area (Å²) >= 11 is 0.845. The molecule has 183 valence electrons. The fourth-order valence-electron chi connectivity index (χ4n) is 3.29. The Kier molecular flexibility index (Phi) is 6.64. The number of allylic oxidation sites excluding steroid dienone is 4. The van der Waals surface area contributed by atoms with Crippen LogP contribution in [0, 0.1) is 16.5 Å². The van der Waals surface area contributed by atoms with Gasteiger partial charge in [-0.15, -0.1) is 0 Å². The molecule has 16 heteroatoms. The summed E-state index contributed by atoms with van der Waals surface area (Å²) < 4.78 is 164. The molecule has 1 aromatic carbocycles. The molecule has 0 fully saturated rings. The number of rotatable bonds is 4. The van der Waals surface area contributed by atoms with Gasteiger partial charge in [0, 0.05) is 23.6 Å². The molecule has 0 amide bonds. The van der Waals surface area contributed by atoms with Gasteiger partial charge in [-0.25, -0.2) is 4.39 Å². The molecule has 0 bridgehead atoms. The molecule has 0 N–H and O–H groups in total. The average molecular weight is 612 g/mol. The number of alkyl halides is 12. The van der Waals surface area contributed by atoms with E-state index in [9.17, 15) is 58.4 Å². The second kappa shape index (κ2) is 8.04. The summed E-state index contributed by atoms with van der Waals surface area (Å²) in [6, 6.07) is 1.83. The highest BCUT2D eigenvalue weighted by molar-refractivity contribution is 14.1.